The molecule has 4 aromatic rings. The SMILES string of the molecule is Cc1c(-c2cc(Sc3ccccc3C#N)c3c(C#N)cnn3c2)cnn1C[C@@H]1CNCCO1. The first-order valence-electron chi connectivity index (χ1n) is 10.6. The Kier molecular flexibility index (Phi) is 5.84. The summed E-state index contributed by atoms with van der Waals surface area (Å²) in [5.41, 5.74) is 4.78. The van der Waals surface area contributed by atoms with E-state index in [-0.39, 0.29) is 6.10 Å². The van der Waals surface area contributed by atoms with Crippen LogP contribution < -0.4 is 5.32 Å². The molecule has 0 bridgehead atoms. The molecule has 33 heavy (non-hydrogen) atoms. The first-order valence-corrected chi connectivity index (χ1v) is 11.4. The van der Waals surface area contributed by atoms with Crippen LogP contribution in [0.5, 0.6) is 0 Å². The summed E-state index contributed by atoms with van der Waals surface area (Å²) in [6, 6.07) is 14.0. The Hall–Kier alpha value is -3.63. The highest BCUT2D eigenvalue weighted by Crippen LogP contribution is 2.37. The number of nitriles is 2. The molecular formula is C24H21N7OS. The second-order valence-corrected chi connectivity index (χ2v) is 8.87. The van der Waals surface area contributed by atoms with Crippen LogP contribution >= 0.6 is 11.8 Å². The van der Waals surface area contributed by atoms with Gasteiger partial charge in [-0.15, -0.1) is 0 Å². The lowest BCUT2D eigenvalue weighted by molar-refractivity contribution is 0.0158. The highest BCUT2D eigenvalue weighted by atomic mass is 32.2. The van der Waals surface area contributed by atoms with E-state index in [0.717, 1.165) is 45.2 Å². The number of morpholine rings is 1. The van der Waals surface area contributed by atoms with Gasteiger partial charge in [-0.3, -0.25) is 4.68 Å². The fourth-order valence-electron chi connectivity index (χ4n) is 4.00. The van der Waals surface area contributed by atoms with Crippen molar-refractivity contribution in [1.29, 1.82) is 10.5 Å². The van der Waals surface area contributed by atoms with Crippen LogP contribution in [-0.4, -0.2) is 45.2 Å². The van der Waals surface area contributed by atoms with E-state index in [9.17, 15) is 10.5 Å². The maximum atomic E-state index is 9.61. The first-order chi connectivity index (χ1) is 16.2. The predicted octanol–water partition coefficient (Wildman–Crippen LogP) is 3.39. The third-order valence-corrected chi connectivity index (χ3v) is 6.83. The van der Waals surface area contributed by atoms with E-state index in [4.69, 9.17) is 4.74 Å². The van der Waals surface area contributed by atoms with Crippen LogP contribution in [0, 0.1) is 29.6 Å². The Morgan fingerprint density at radius 1 is 1.15 bits per heavy atom. The summed E-state index contributed by atoms with van der Waals surface area (Å²) < 4.78 is 9.54. The van der Waals surface area contributed by atoms with Crippen molar-refractivity contribution in [3.05, 3.63) is 65.7 Å². The number of benzene rings is 1. The second kappa shape index (κ2) is 9.08. The molecule has 1 aliphatic heterocycles. The lowest BCUT2D eigenvalue weighted by Crippen LogP contribution is -2.41. The largest absolute Gasteiger partial charge is 0.374 e. The van der Waals surface area contributed by atoms with Gasteiger partial charge < -0.3 is 10.1 Å². The lowest BCUT2D eigenvalue weighted by atomic mass is 10.1. The topological polar surface area (TPSA) is 104 Å². The highest BCUT2D eigenvalue weighted by molar-refractivity contribution is 7.99. The number of nitrogens with one attached hydrogen (secondary N) is 1. The molecule has 0 radical (unpaired) electrons. The van der Waals surface area contributed by atoms with Gasteiger partial charge >= 0.3 is 0 Å². The second-order valence-electron chi connectivity index (χ2n) is 7.79. The van der Waals surface area contributed by atoms with Crippen LogP contribution in [0.3, 0.4) is 0 Å². The maximum absolute atomic E-state index is 9.61. The Balaban J connectivity index is 1.56. The molecule has 4 heterocycles. The van der Waals surface area contributed by atoms with E-state index in [2.05, 4.69) is 27.7 Å². The summed E-state index contributed by atoms with van der Waals surface area (Å²) in [5, 5.41) is 31.5. The quantitative estimate of drug-likeness (QED) is 0.492. The van der Waals surface area contributed by atoms with Gasteiger partial charge in [0, 0.05) is 45.9 Å². The molecular weight excluding hydrogens is 434 g/mol. The smallest absolute Gasteiger partial charge is 0.103 e. The summed E-state index contributed by atoms with van der Waals surface area (Å²) in [7, 11) is 0. The summed E-state index contributed by atoms with van der Waals surface area (Å²) in [6.07, 6.45) is 5.44. The zero-order chi connectivity index (χ0) is 22.8. The monoisotopic (exact) mass is 455 g/mol. The van der Waals surface area contributed by atoms with Crippen LogP contribution in [0.4, 0.5) is 0 Å². The molecule has 1 aromatic carbocycles. The molecule has 3 aromatic heterocycles. The van der Waals surface area contributed by atoms with Crippen molar-refractivity contribution in [1.82, 2.24) is 24.7 Å². The molecule has 1 N–H and O–H groups in total. The Morgan fingerprint density at radius 3 is 2.79 bits per heavy atom. The van der Waals surface area contributed by atoms with Crippen LogP contribution in [0.2, 0.25) is 0 Å². The molecule has 1 aliphatic rings. The normalized spacial score (nSPS) is 15.9. The van der Waals surface area contributed by atoms with Crippen molar-refractivity contribution < 1.29 is 4.74 Å². The van der Waals surface area contributed by atoms with Gasteiger partial charge in [0.15, 0.2) is 0 Å². The Morgan fingerprint density at radius 2 is 2.00 bits per heavy atom. The summed E-state index contributed by atoms with van der Waals surface area (Å²) in [4.78, 5) is 1.69. The molecule has 164 valence electrons. The van der Waals surface area contributed by atoms with Crippen molar-refractivity contribution in [3.63, 3.8) is 0 Å². The third-order valence-electron chi connectivity index (χ3n) is 5.72. The number of nitrogens with zero attached hydrogens (tertiary/aromatic N) is 6. The van der Waals surface area contributed by atoms with Gasteiger partial charge in [0.25, 0.3) is 0 Å². The fraction of sp³-hybridized carbons (Fsp3) is 0.250. The molecule has 0 aliphatic carbocycles. The van der Waals surface area contributed by atoms with Gasteiger partial charge in [-0.1, -0.05) is 23.9 Å². The minimum atomic E-state index is 0.0885. The van der Waals surface area contributed by atoms with Crippen molar-refractivity contribution >= 4 is 17.3 Å². The van der Waals surface area contributed by atoms with Crippen molar-refractivity contribution in [2.45, 2.75) is 29.4 Å². The van der Waals surface area contributed by atoms with Gasteiger partial charge in [-0.25, -0.2) is 4.52 Å². The summed E-state index contributed by atoms with van der Waals surface area (Å²) >= 11 is 1.46. The van der Waals surface area contributed by atoms with Gasteiger partial charge in [-0.2, -0.15) is 20.7 Å². The highest BCUT2D eigenvalue weighted by Gasteiger charge is 2.19. The molecule has 0 amide bonds. The minimum absolute atomic E-state index is 0.0885. The molecule has 1 fully saturated rings. The average molecular weight is 456 g/mol. The van der Waals surface area contributed by atoms with E-state index >= 15 is 0 Å². The number of fused-ring (bicyclic) bond motifs is 1. The minimum Gasteiger partial charge on any atom is -0.374 e. The van der Waals surface area contributed by atoms with Gasteiger partial charge in [0.1, 0.15) is 12.1 Å². The number of aromatic nitrogens is 4. The molecule has 1 saturated heterocycles. The molecule has 9 heteroatoms. The fourth-order valence-corrected chi connectivity index (χ4v) is 5.09. The average Bonchev–Trinajstić information content (AvgIpc) is 3.43. The maximum Gasteiger partial charge on any atom is 0.103 e. The Bertz CT molecular complexity index is 1400. The van der Waals surface area contributed by atoms with Crippen molar-refractivity contribution in [2.24, 2.45) is 0 Å². The van der Waals surface area contributed by atoms with Crippen molar-refractivity contribution in [2.75, 3.05) is 19.7 Å². The number of hydrogen-bond acceptors (Lipinski definition) is 7. The molecule has 0 spiro atoms. The zero-order valence-corrected chi connectivity index (χ0v) is 18.8. The predicted molar refractivity (Wildman–Crippen MR) is 124 cm³/mol. The summed E-state index contributed by atoms with van der Waals surface area (Å²) in [5.74, 6) is 0. The van der Waals surface area contributed by atoms with Crippen LogP contribution in [-0.2, 0) is 11.3 Å². The number of hydrogen-bond donors (Lipinski definition) is 1. The summed E-state index contributed by atoms with van der Waals surface area (Å²) in [6.45, 7) is 5.12. The Labute approximate surface area is 195 Å². The number of pyridine rings is 1. The van der Waals surface area contributed by atoms with Crippen molar-refractivity contribution in [3.8, 4) is 23.3 Å². The molecule has 8 nitrogen and oxygen atoms in total. The van der Waals surface area contributed by atoms with Crippen LogP contribution in [0.25, 0.3) is 16.6 Å². The lowest BCUT2D eigenvalue weighted by Gasteiger charge is -2.24. The van der Waals surface area contributed by atoms with Gasteiger partial charge in [0.05, 0.1) is 48.3 Å². The van der Waals surface area contributed by atoms with Gasteiger partial charge in [0.2, 0.25) is 0 Å². The number of rotatable bonds is 5. The van der Waals surface area contributed by atoms with E-state index in [1.165, 1.54) is 11.8 Å². The molecule has 0 saturated carbocycles. The molecule has 0 unspecified atom stereocenters. The number of ether oxygens (including phenoxy) is 1. The van der Waals surface area contributed by atoms with Crippen LogP contribution in [0.15, 0.2) is 58.7 Å². The zero-order valence-electron chi connectivity index (χ0n) is 18.0. The molecule has 1 atom stereocenters. The van der Waals surface area contributed by atoms with Crippen LogP contribution in [0.1, 0.15) is 16.8 Å². The van der Waals surface area contributed by atoms with E-state index < -0.39 is 0 Å². The van der Waals surface area contributed by atoms with E-state index in [1.807, 2.05) is 48.3 Å². The molecule has 5 rings (SSSR count). The van der Waals surface area contributed by atoms with Gasteiger partial charge in [-0.05, 0) is 25.1 Å². The first kappa shape index (κ1) is 21.2. The standard InChI is InChI=1S/C24H21N7OS/c1-16-21(13-29-30(16)15-20-12-27-6-7-32-20)18-8-23(24-19(10-26)11-28-31(24)14-18)33-22-5-3-2-4-17(22)9-25/h2-5,8,11,13-14,20,27H,6-7,12,15H2,1H3/t20-/m0/s1. The third kappa shape index (κ3) is 4.10. The van der Waals surface area contributed by atoms with E-state index in [0.29, 0.717) is 24.3 Å². The van der Waals surface area contributed by atoms with E-state index in [1.54, 1.807) is 16.8 Å².